The van der Waals surface area contributed by atoms with Crippen molar-refractivity contribution in [2.75, 3.05) is 6.54 Å². The third-order valence-corrected chi connectivity index (χ3v) is 4.12. The van der Waals surface area contributed by atoms with Crippen LogP contribution in [0.25, 0.3) is 0 Å². The van der Waals surface area contributed by atoms with Gasteiger partial charge in [0.05, 0.1) is 6.54 Å². The fourth-order valence-electron chi connectivity index (χ4n) is 3.02. The SMILES string of the molecule is CC1CCC(N2CC(=O)NC(C(C)(C)C)C2=O)C1. The number of rotatable bonds is 1. The molecule has 4 heteroatoms. The number of hydrogen-bond donors (Lipinski definition) is 1. The Labute approximate surface area is 109 Å². The molecule has 3 unspecified atom stereocenters. The Balaban J connectivity index is 2.15. The monoisotopic (exact) mass is 252 g/mol. The third-order valence-electron chi connectivity index (χ3n) is 4.12. The minimum absolute atomic E-state index is 0.0194. The second kappa shape index (κ2) is 4.56. The molecule has 2 fully saturated rings. The second-order valence-electron chi connectivity index (χ2n) is 6.90. The van der Waals surface area contributed by atoms with Gasteiger partial charge in [-0.1, -0.05) is 27.7 Å². The van der Waals surface area contributed by atoms with Crippen molar-refractivity contribution < 1.29 is 9.59 Å². The van der Waals surface area contributed by atoms with Gasteiger partial charge in [0.15, 0.2) is 0 Å². The van der Waals surface area contributed by atoms with Crippen LogP contribution in [0.3, 0.4) is 0 Å². The first-order valence-corrected chi connectivity index (χ1v) is 6.89. The highest BCUT2D eigenvalue weighted by atomic mass is 16.2. The molecule has 2 amide bonds. The van der Waals surface area contributed by atoms with E-state index >= 15 is 0 Å². The fraction of sp³-hybridized carbons (Fsp3) is 0.857. The maximum absolute atomic E-state index is 12.5. The maximum atomic E-state index is 12.5. The van der Waals surface area contributed by atoms with Crippen LogP contribution < -0.4 is 5.32 Å². The van der Waals surface area contributed by atoms with Crippen molar-refractivity contribution in [3.05, 3.63) is 0 Å². The molecule has 0 spiro atoms. The first-order chi connectivity index (χ1) is 8.29. The molecule has 1 aliphatic heterocycles. The standard InChI is InChI=1S/C14H24N2O2/c1-9-5-6-10(7-9)16-8-11(17)15-12(13(16)18)14(2,3)4/h9-10,12H,5-8H2,1-4H3,(H,15,17). The summed E-state index contributed by atoms with van der Waals surface area (Å²) in [4.78, 5) is 26.1. The fourth-order valence-corrected chi connectivity index (χ4v) is 3.02. The van der Waals surface area contributed by atoms with E-state index in [1.54, 1.807) is 0 Å². The minimum atomic E-state index is -0.380. The summed E-state index contributed by atoms with van der Waals surface area (Å²) in [6.45, 7) is 8.45. The maximum Gasteiger partial charge on any atom is 0.246 e. The van der Waals surface area contributed by atoms with Crippen LogP contribution in [0.5, 0.6) is 0 Å². The predicted octanol–water partition coefficient (Wildman–Crippen LogP) is 1.55. The zero-order valence-corrected chi connectivity index (χ0v) is 11.8. The Hall–Kier alpha value is -1.06. The van der Waals surface area contributed by atoms with Crippen LogP contribution in [0.2, 0.25) is 0 Å². The summed E-state index contributed by atoms with van der Waals surface area (Å²) in [5.74, 6) is 0.746. The van der Waals surface area contributed by atoms with Crippen LogP contribution in [0.4, 0.5) is 0 Å². The number of piperazine rings is 1. The Kier molecular flexibility index (Phi) is 3.39. The molecule has 0 aromatic heterocycles. The van der Waals surface area contributed by atoms with E-state index in [9.17, 15) is 9.59 Å². The average molecular weight is 252 g/mol. The molecule has 0 radical (unpaired) electrons. The summed E-state index contributed by atoms with van der Waals surface area (Å²) in [6.07, 6.45) is 3.24. The molecule has 18 heavy (non-hydrogen) atoms. The van der Waals surface area contributed by atoms with Gasteiger partial charge in [0.2, 0.25) is 11.8 Å². The van der Waals surface area contributed by atoms with Crippen molar-refractivity contribution in [3.63, 3.8) is 0 Å². The van der Waals surface area contributed by atoms with E-state index in [0.717, 1.165) is 19.3 Å². The van der Waals surface area contributed by atoms with Gasteiger partial charge in [-0.3, -0.25) is 9.59 Å². The third kappa shape index (κ3) is 2.52. The summed E-state index contributed by atoms with van der Waals surface area (Å²) >= 11 is 0. The predicted molar refractivity (Wildman–Crippen MR) is 69.9 cm³/mol. The summed E-state index contributed by atoms with van der Waals surface area (Å²) in [5, 5.41) is 2.84. The van der Waals surface area contributed by atoms with Gasteiger partial charge < -0.3 is 10.2 Å². The molecule has 0 bridgehead atoms. The second-order valence-corrected chi connectivity index (χ2v) is 6.90. The number of carbonyl (C=O) groups excluding carboxylic acids is 2. The molecular weight excluding hydrogens is 228 g/mol. The van der Waals surface area contributed by atoms with E-state index in [1.165, 1.54) is 0 Å². The van der Waals surface area contributed by atoms with Gasteiger partial charge in [0.1, 0.15) is 6.04 Å². The lowest BCUT2D eigenvalue weighted by molar-refractivity contribution is -0.149. The Morgan fingerprint density at radius 2 is 1.89 bits per heavy atom. The number of hydrogen-bond acceptors (Lipinski definition) is 2. The van der Waals surface area contributed by atoms with Crippen LogP contribution >= 0.6 is 0 Å². The van der Waals surface area contributed by atoms with Crippen LogP contribution in [0.1, 0.15) is 47.0 Å². The lowest BCUT2D eigenvalue weighted by atomic mass is 9.84. The first-order valence-electron chi connectivity index (χ1n) is 6.89. The molecule has 1 aliphatic carbocycles. The highest BCUT2D eigenvalue weighted by Crippen LogP contribution is 2.32. The van der Waals surface area contributed by atoms with Gasteiger partial charge in [-0.15, -0.1) is 0 Å². The van der Waals surface area contributed by atoms with Crippen molar-refractivity contribution in [2.24, 2.45) is 11.3 Å². The lowest BCUT2D eigenvalue weighted by Crippen LogP contribution is -2.64. The molecule has 1 saturated heterocycles. The molecule has 0 aromatic carbocycles. The quantitative estimate of drug-likeness (QED) is 0.769. The summed E-state index contributed by atoms with van der Waals surface area (Å²) < 4.78 is 0. The van der Waals surface area contributed by atoms with E-state index in [2.05, 4.69) is 12.2 Å². The van der Waals surface area contributed by atoms with Crippen LogP contribution in [-0.2, 0) is 9.59 Å². The zero-order valence-electron chi connectivity index (χ0n) is 11.8. The van der Waals surface area contributed by atoms with Gasteiger partial charge in [0, 0.05) is 6.04 Å². The van der Waals surface area contributed by atoms with E-state index in [1.807, 2.05) is 25.7 Å². The Morgan fingerprint density at radius 3 is 2.39 bits per heavy atom. The molecule has 2 aliphatic rings. The van der Waals surface area contributed by atoms with Crippen LogP contribution in [0.15, 0.2) is 0 Å². The van der Waals surface area contributed by atoms with E-state index in [-0.39, 0.29) is 35.9 Å². The molecule has 1 N–H and O–H groups in total. The number of nitrogens with zero attached hydrogens (tertiary/aromatic N) is 1. The molecule has 102 valence electrons. The lowest BCUT2D eigenvalue weighted by Gasteiger charge is -2.41. The van der Waals surface area contributed by atoms with Crippen molar-refractivity contribution in [2.45, 2.75) is 59.0 Å². The molecule has 1 saturated carbocycles. The summed E-state index contributed by atoms with van der Waals surface area (Å²) in [7, 11) is 0. The topological polar surface area (TPSA) is 49.4 Å². The van der Waals surface area contributed by atoms with Gasteiger partial charge >= 0.3 is 0 Å². The zero-order chi connectivity index (χ0) is 13.5. The largest absolute Gasteiger partial charge is 0.342 e. The van der Waals surface area contributed by atoms with Crippen LogP contribution in [0, 0.1) is 11.3 Å². The van der Waals surface area contributed by atoms with E-state index < -0.39 is 0 Å². The molecule has 4 nitrogen and oxygen atoms in total. The summed E-state index contributed by atoms with van der Waals surface area (Å²) in [5.41, 5.74) is -0.227. The van der Waals surface area contributed by atoms with Crippen molar-refractivity contribution >= 4 is 11.8 Å². The number of nitrogens with one attached hydrogen (secondary N) is 1. The van der Waals surface area contributed by atoms with Crippen molar-refractivity contribution in [1.29, 1.82) is 0 Å². The molecule has 3 atom stereocenters. The average Bonchev–Trinajstić information content (AvgIpc) is 2.66. The van der Waals surface area contributed by atoms with Gasteiger partial charge in [-0.25, -0.2) is 0 Å². The van der Waals surface area contributed by atoms with Gasteiger partial charge in [-0.2, -0.15) is 0 Å². The Bertz CT molecular complexity index is 359. The first kappa shape index (κ1) is 13.4. The molecule has 2 rings (SSSR count). The summed E-state index contributed by atoms with van der Waals surface area (Å²) in [6, 6.07) is -0.113. The number of carbonyl (C=O) groups is 2. The highest BCUT2D eigenvalue weighted by molar-refractivity contribution is 5.95. The van der Waals surface area contributed by atoms with Crippen molar-refractivity contribution in [3.8, 4) is 0 Å². The van der Waals surface area contributed by atoms with Gasteiger partial charge in [0.25, 0.3) is 0 Å². The van der Waals surface area contributed by atoms with Crippen LogP contribution in [-0.4, -0.2) is 35.3 Å². The highest BCUT2D eigenvalue weighted by Gasteiger charge is 2.43. The number of amides is 2. The molecular formula is C14H24N2O2. The minimum Gasteiger partial charge on any atom is -0.342 e. The van der Waals surface area contributed by atoms with Gasteiger partial charge in [-0.05, 0) is 30.6 Å². The van der Waals surface area contributed by atoms with Crippen molar-refractivity contribution in [1.82, 2.24) is 10.2 Å². The van der Waals surface area contributed by atoms with E-state index in [0.29, 0.717) is 5.92 Å². The van der Waals surface area contributed by atoms with E-state index in [4.69, 9.17) is 0 Å². The normalized spacial score (nSPS) is 33.8. The smallest absolute Gasteiger partial charge is 0.246 e. The molecule has 1 heterocycles. The molecule has 0 aromatic rings. The Morgan fingerprint density at radius 1 is 1.22 bits per heavy atom.